The molecule has 4 rings (SSSR count). The molecule has 2 atom stereocenters. The molecule has 2 heterocycles. The summed E-state index contributed by atoms with van der Waals surface area (Å²) in [5.74, 6) is -0.503. The molecule has 0 amide bonds. The number of aromatic nitrogens is 1. The van der Waals surface area contributed by atoms with Crippen LogP contribution in [0.2, 0.25) is 0 Å². The monoisotopic (exact) mass is 399 g/mol. The van der Waals surface area contributed by atoms with E-state index in [1.165, 1.54) is 6.20 Å². The number of hydrogen-bond acceptors (Lipinski definition) is 5. The highest BCUT2D eigenvalue weighted by Crippen LogP contribution is 2.45. The topological polar surface area (TPSA) is 97.8 Å². The maximum atomic E-state index is 12.9. The number of carboxylic acid groups (broad SMARTS) is 1. The van der Waals surface area contributed by atoms with Crippen LogP contribution < -0.4 is 15.9 Å². The van der Waals surface area contributed by atoms with Gasteiger partial charge in [0.05, 0.1) is 18.0 Å². The van der Waals surface area contributed by atoms with Crippen molar-refractivity contribution in [3.8, 4) is 5.75 Å². The summed E-state index contributed by atoms with van der Waals surface area (Å²) in [5.41, 5.74) is 7.03. The molecule has 1 saturated carbocycles. The highest BCUT2D eigenvalue weighted by atomic mass is 16.5. The van der Waals surface area contributed by atoms with E-state index in [2.05, 4.69) is 11.8 Å². The minimum atomic E-state index is -1.19. The van der Waals surface area contributed by atoms with E-state index in [0.29, 0.717) is 23.7 Å². The molecule has 1 aromatic heterocycles. The summed E-state index contributed by atoms with van der Waals surface area (Å²) in [6.07, 6.45) is 6.65. The van der Waals surface area contributed by atoms with Gasteiger partial charge in [-0.05, 0) is 38.2 Å². The van der Waals surface area contributed by atoms with Crippen molar-refractivity contribution in [2.75, 3.05) is 20.2 Å². The van der Waals surface area contributed by atoms with Crippen molar-refractivity contribution in [3.63, 3.8) is 0 Å². The Morgan fingerprint density at radius 1 is 1.28 bits per heavy atom. The second-order valence-electron chi connectivity index (χ2n) is 8.08. The number of pyridine rings is 1. The molecular formula is C22H29N3O4. The Bertz CT molecular complexity index is 996. The third-order valence-corrected chi connectivity index (χ3v) is 6.41. The number of nitrogens with two attached hydrogens (primary N) is 1. The molecule has 3 N–H and O–H groups in total. The van der Waals surface area contributed by atoms with Gasteiger partial charge >= 0.3 is 5.97 Å². The lowest BCUT2D eigenvalue weighted by Crippen LogP contribution is -2.35. The van der Waals surface area contributed by atoms with E-state index >= 15 is 0 Å². The quantitative estimate of drug-likeness (QED) is 0.743. The van der Waals surface area contributed by atoms with Crippen LogP contribution in [0.1, 0.15) is 67.0 Å². The lowest BCUT2D eigenvalue weighted by molar-refractivity contribution is 0.0695. The van der Waals surface area contributed by atoms with Crippen LogP contribution in [0.5, 0.6) is 5.75 Å². The fraction of sp³-hybridized carbons (Fsp3) is 0.545. The van der Waals surface area contributed by atoms with E-state index in [-0.39, 0.29) is 17.6 Å². The van der Waals surface area contributed by atoms with Crippen LogP contribution in [0.3, 0.4) is 0 Å². The van der Waals surface area contributed by atoms with Crippen LogP contribution in [0.25, 0.3) is 10.9 Å². The molecule has 1 aromatic carbocycles. The smallest absolute Gasteiger partial charge is 0.341 e. The number of aromatic carboxylic acids is 1. The molecule has 7 heteroatoms. The molecular weight excluding hydrogens is 370 g/mol. The molecule has 2 aliphatic rings. The van der Waals surface area contributed by atoms with Gasteiger partial charge in [-0.2, -0.15) is 0 Å². The Morgan fingerprint density at radius 2 is 2.03 bits per heavy atom. The molecule has 2 unspecified atom stereocenters. The van der Waals surface area contributed by atoms with Gasteiger partial charge in [0.1, 0.15) is 11.3 Å². The third-order valence-electron chi connectivity index (χ3n) is 6.41. The molecule has 29 heavy (non-hydrogen) atoms. The van der Waals surface area contributed by atoms with Crippen molar-refractivity contribution in [2.24, 2.45) is 5.73 Å². The van der Waals surface area contributed by atoms with E-state index in [9.17, 15) is 14.7 Å². The average molecular weight is 399 g/mol. The van der Waals surface area contributed by atoms with Gasteiger partial charge in [0, 0.05) is 43.0 Å². The number of carbonyl (C=O) groups is 1. The number of carboxylic acids is 1. The van der Waals surface area contributed by atoms with Gasteiger partial charge in [-0.3, -0.25) is 9.69 Å². The number of methoxy groups -OCH3 is 1. The van der Waals surface area contributed by atoms with Crippen LogP contribution in [0.15, 0.2) is 23.1 Å². The molecule has 7 nitrogen and oxygen atoms in total. The van der Waals surface area contributed by atoms with Gasteiger partial charge in [-0.25, -0.2) is 4.79 Å². The summed E-state index contributed by atoms with van der Waals surface area (Å²) in [7, 11) is 1.63. The lowest BCUT2D eigenvalue weighted by atomic mass is 9.99. The molecule has 1 saturated heterocycles. The maximum Gasteiger partial charge on any atom is 0.341 e. The first-order valence-electron chi connectivity index (χ1n) is 10.5. The Hall–Kier alpha value is -2.38. The fourth-order valence-electron chi connectivity index (χ4n) is 4.90. The summed E-state index contributed by atoms with van der Waals surface area (Å²) in [4.78, 5) is 26.9. The number of ether oxygens (including phenoxy) is 1. The zero-order chi connectivity index (χ0) is 20.7. The summed E-state index contributed by atoms with van der Waals surface area (Å²) >= 11 is 0. The predicted molar refractivity (Wildman–Crippen MR) is 112 cm³/mol. The van der Waals surface area contributed by atoms with Crippen LogP contribution in [-0.4, -0.2) is 46.8 Å². The number of fused-ring (bicyclic) bond motifs is 1. The largest absolute Gasteiger partial charge is 0.494 e. The molecule has 2 fully saturated rings. The zero-order valence-electron chi connectivity index (χ0n) is 17.1. The van der Waals surface area contributed by atoms with Gasteiger partial charge in [0.2, 0.25) is 5.43 Å². The number of nitrogens with zero attached hydrogens (tertiary/aromatic N) is 2. The van der Waals surface area contributed by atoms with Crippen molar-refractivity contribution in [1.82, 2.24) is 9.47 Å². The van der Waals surface area contributed by atoms with Crippen molar-refractivity contribution >= 4 is 16.9 Å². The fourth-order valence-corrected chi connectivity index (χ4v) is 4.90. The van der Waals surface area contributed by atoms with Gasteiger partial charge < -0.3 is 20.1 Å². The second kappa shape index (κ2) is 7.80. The number of likely N-dealkylation sites (tertiary alicyclic amines) is 1. The van der Waals surface area contributed by atoms with Crippen molar-refractivity contribution < 1.29 is 14.6 Å². The molecule has 0 radical (unpaired) electrons. The van der Waals surface area contributed by atoms with Gasteiger partial charge in [-0.1, -0.05) is 13.0 Å². The van der Waals surface area contributed by atoms with E-state index < -0.39 is 11.4 Å². The molecule has 156 valence electrons. The van der Waals surface area contributed by atoms with E-state index in [4.69, 9.17) is 10.5 Å². The highest BCUT2D eigenvalue weighted by Gasteiger charge is 2.36. The van der Waals surface area contributed by atoms with Gasteiger partial charge in [0.25, 0.3) is 0 Å². The van der Waals surface area contributed by atoms with Crippen LogP contribution in [0, 0.1) is 0 Å². The summed E-state index contributed by atoms with van der Waals surface area (Å²) in [5, 5.41) is 9.90. The van der Waals surface area contributed by atoms with E-state index in [1.54, 1.807) is 13.2 Å². The SMILES string of the molecule is CCC1CCC(c2ccc3c(=O)c(C(=O)O)cn(C4CC4)c3c2OC)N1CCN. The number of benzene rings is 1. The van der Waals surface area contributed by atoms with Crippen LogP contribution in [0.4, 0.5) is 0 Å². The molecule has 1 aliphatic carbocycles. The summed E-state index contributed by atoms with van der Waals surface area (Å²) < 4.78 is 7.82. The minimum absolute atomic E-state index is 0.184. The highest BCUT2D eigenvalue weighted by molar-refractivity contribution is 5.95. The van der Waals surface area contributed by atoms with Crippen molar-refractivity contribution in [3.05, 3.63) is 39.7 Å². The standard InChI is InChI=1S/C22H29N3O4/c1-3-13-6-9-18(24(13)11-10-23)15-7-8-16-19(21(15)29-2)25(14-4-5-14)12-17(20(16)26)22(27)28/h7-8,12-14,18H,3-6,9-11,23H2,1-2H3,(H,27,28). The van der Waals surface area contributed by atoms with Gasteiger partial charge in [0.15, 0.2) is 0 Å². The molecule has 2 aromatic rings. The summed E-state index contributed by atoms with van der Waals surface area (Å²) in [6, 6.07) is 4.61. The Kier molecular flexibility index (Phi) is 5.36. The molecule has 1 aliphatic heterocycles. The number of rotatable bonds is 7. The predicted octanol–water partition coefficient (Wildman–Crippen LogP) is 2.92. The van der Waals surface area contributed by atoms with E-state index in [0.717, 1.165) is 49.7 Å². The average Bonchev–Trinajstić information content (AvgIpc) is 3.48. The Balaban J connectivity index is 1.93. The Morgan fingerprint density at radius 3 is 2.62 bits per heavy atom. The van der Waals surface area contributed by atoms with Crippen molar-refractivity contribution in [1.29, 1.82) is 0 Å². The maximum absolute atomic E-state index is 12.9. The molecule has 0 bridgehead atoms. The van der Waals surface area contributed by atoms with E-state index in [1.807, 2.05) is 10.6 Å². The van der Waals surface area contributed by atoms with Crippen LogP contribution in [-0.2, 0) is 0 Å². The first-order valence-corrected chi connectivity index (χ1v) is 10.5. The number of hydrogen-bond donors (Lipinski definition) is 2. The second-order valence-corrected chi connectivity index (χ2v) is 8.08. The van der Waals surface area contributed by atoms with Gasteiger partial charge in [-0.15, -0.1) is 0 Å². The lowest BCUT2D eigenvalue weighted by Gasteiger charge is -2.31. The van der Waals surface area contributed by atoms with Crippen LogP contribution >= 0.6 is 0 Å². The first kappa shape index (κ1) is 19.9. The Labute approximate surface area is 170 Å². The first-order chi connectivity index (χ1) is 14.0. The molecule has 0 spiro atoms. The van der Waals surface area contributed by atoms with Crippen molar-refractivity contribution in [2.45, 2.75) is 57.2 Å². The zero-order valence-corrected chi connectivity index (χ0v) is 17.1. The third kappa shape index (κ3) is 3.32. The minimum Gasteiger partial charge on any atom is -0.494 e. The normalized spacial score (nSPS) is 22.3. The summed E-state index contributed by atoms with van der Waals surface area (Å²) in [6.45, 7) is 3.61.